The quantitative estimate of drug-likeness (QED) is 0.872. The zero-order valence-electron chi connectivity index (χ0n) is 11.8. The monoisotopic (exact) mass is 299 g/mol. The molecule has 0 saturated carbocycles. The molecular weight excluding hydrogens is 286 g/mol. The van der Waals surface area contributed by atoms with Crippen LogP contribution in [0.3, 0.4) is 0 Å². The van der Waals surface area contributed by atoms with Gasteiger partial charge in [0.1, 0.15) is 17.3 Å². The fourth-order valence-electron chi connectivity index (χ4n) is 2.18. The summed E-state index contributed by atoms with van der Waals surface area (Å²) in [6, 6.07) is 6.67. The van der Waals surface area contributed by atoms with Crippen LogP contribution in [0, 0.1) is 6.92 Å². The molecule has 112 valence electrons. The van der Waals surface area contributed by atoms with Crippen molar-refractivity contribution in [2.24, 2.45) is 5.73 Å². The molecule has 1 aromatic heterocycles. The molecule has 2 heterocycles. The third kappa shape index (κ3) is 2.46. The van der Waals surface area contributed by atoms with Gasteiger partial charge in [-0.3, -0.25) is 9.59 Å². The third-order valence-electron chi connectivity index (χ3n) is 3.22. The summed E-state index contributed by atoms with van der Waals surface area (Å²) in [7, 11) is 0. The standard InChI is InChI=1S/C16H13NO5/c1-9-12(21-8-14(17)18)5-4-11-15(19)13(22-16(9)11)7-10-3-2-6-20-10/h2-7H,8H2,1H3,(H2,17,18)/b13-7-. The van der Waals surface area contributed by atoms with Gasteiger partial charge in [0, 0.05) is 11.6 Å². The van der Waals surface area contributed by atoms with Crippen molar-refractivity contribution in [2.75, 3.05) is 6.61 Å². The van der Waals surface area contributed by atoms with Crippen LogP contribution in [0.4, 0.5) is 0 Å². The van der Waals surface area contributed by atoms with Gasteiger partial charge >= 0.3 is 0 Å². The lowest BCUT2D eigenvalue weighted by molar-refractivity contribution is -0.119. The number of amides is 1. The number of fused-ring (bicyclic) bond motifs is 1. The summed E-state index contributed by atoms with van der Waals surface area (Å²) in [5.41, 5.74) is 6.13. The number of carbonyl (C=O) groups excluding carboxylic acids is 2. The average Bonchev–Trinajstić information content (AvgIpc) is 3.09. The highest BCUT2D eigenvalue weighted by Gasteiger charge is 2.30. The molecule has 0 saturated heterocycles. The Morgan fingerprint density at radius 1 is 1.36 bits per heavy atom. The van der Waals surface area contributed by atoms with Gasteiger partial charge in [0.2, 0.25) is 5.78 Å². The van der Waals surface area contributed by atoms with E-state index in [1.807, 2.05) is 0 Å². The first-order valence-corrected chi connectivity index (χ1v) is 6.58. The van der Waals surface area contributed by atoms with Crippen molar-refractivity contribution in [1.82, 2.24) is 0 Å². The van der Waals surface area contributed by atoms with Crippen LogP contribution in [-0.4, -0.2) is 18.3 Å². The van der Waals surface area contributed by atoms with Crippen LogP contribution in [0.15, 0.2) is 40.7 Å². The van der Waals surface area contributed by atoms with Gasteiger partial charge in [-0.15, -0.1) is 0 Å². The first-order valence-electron chi connectivity index (χ1n) is 6.58. The molecule has 0 fully saturated rings. The Bertz CT molecular complexity index is 774. The molecule has 6 heteroatoms. The molecule has 0 bridgehead atoms. The van der Waals surface area contributed by atoms with Crippen molar-refractivity contribution >= 4 is 17.8 Å². The van der Waals surface area contributed by atoms with Crippen molar-refractivity contribution in [2.45, 2.75) is 6.92 Å². The second-order valence-electron chi connectivity index (χ2n) is 4.78. The van der Waals surface area contributed by atoms with Gasteiger partial charge in [0.25, 0.3) is 5.91 Å². The number of ketones is 1. The molecule has 22 heavy (non-hydrogen) atoms. The van der Waals surface area contributed by atoms with Crippen molar-refractivity contribution in [3.05, 3.63) is 53.2 Å². The lowest BCUT2D eigenvalue weighted by Gasteiger charge is -2.09. The molecule has 0 radical (unpaired) electrons. The number of benzene rings is 1. The van der Waals surface area contributed by atoms with Crippen molar-refractivity contribution in [3.8, 4) is 11.5 Å². The van der Waals surface area contributed by atoms with E-state index in [2.05, 4.69) is 0 Å². The molecule has 0 spiro atoms. The first-order chi connectivity index (χ1) is 10.6. The number of allylic oxidation sites excluding steroid dienone is 1. The first kappa shape index (κ1) is 13.9. The van der Waals surface area contributed by atoms with E-state index in [0.717, 1.165) is 0 Å². The maximum Gasteiger partial charge on any atom is 0.255 e. The number of hydrogen-bond donors (Lipinski definition) is 1. The van der Waals surface area contributed by atoms with Crippen molar-refractivity contribution in [1.29, 1.82) is 0 Å². The highest BCUT2D eigenvalue weighted by molar-refractivity contribution is 6.14. The molecule has 0 atom stereocenters. The fraction of sp³-hybridized carbons (Fsp3) is 0.125. The number of Topliss-reactive ketones (excluding diaryl/α,β-unsaturated/α-hetero) is 1. The third-order valence-corrected chi connectivity index (χ3v) is 3.22. The van der Waals surface area contributed by atoms with Gasteiger partial charge in [-0.1, -0.05) is 0 Å². The summed E-state index contributed by atoms with van der Waals surface area (Å²) < 4.78 is 16.1. The SMILES string of the molecule is Cc1c(OCC(N)=O)ccc2c1O/C(=C\c1ccco1)C2=O. The molecule has 2 N–H and O–H groups in total. The summed E-state index contributed by atoms with van der Waals surface area (Å²) in [6.45, 7) is 1.51. The Kier molecular flexibility index (Phi) is 3.42. The molecule has 6 nitrogen and oxygen atoms in total. The molecule has 1 aromatic carbocycles. The molecule has 1 aliphatic rings. The van der Waals surface area contributed by atoms with E-state index in [-0.39, 0.29) is 18.1 Å². The Hall–Kier alpha value is -3.02. The van der Waals surface area contributed by atoms with Gasteiger partial charge in [-0.25, -0.2) is 0 Å². The minimum atomic E-state index is -0.574. The Morgan fingerprint density at radius 3 is 2.86 bits per heavy atom. The molecule has 1 aliphatic heterocycles. The van der Waals surface area contributed by atoms with Crippen LogP contribution >= 0.6 is 0 Å². The zero-order valence-corrected chi connectivity index (χ0v) is 11.8. The summed E-state index contributed by atoms with van der Waals surface area (Å²) in [4.78, 5) is 23.1. The number of ether oxygens (including phenoxy) is 2. The van der Waals surface area contributed by atoms with Crippen LogP contribution in [-0.2, 0) is 4.79 Å². The van der Waals surface area contributed by atoms with Gasteiger partial charge in [0.15, 0.2) is 12.4 Å². The second kappa shape index (κ2) is 5.40. The van der Waals surface area contributed by atoms with Crippen LogP contribution in [0.25, 0.3) is 6.08 Å². The maximum atomic E-state index is 12.3. The number of hydrogen-bond acceptors (Lipinski definition) is 5. The number of primary amides is 1. The lowest BCUT2D eigenvalue weighted by atomic mass is 10.1. The second-order valence-corrected chi connectivity index (χ2v) is 4.78. The minimum Gasteiger partial charge on any atom is -0.483 e. The molecular formula is C16H13NO5. The zero-order chi connectivity index (χ0) is 15.7. The lowest BCUT2D eigenvalue weighted by Crippen LogP contribution is -2.20. The molecule has 3 rings (SSSR count). The van der Waals surface area contributed by atoms with Crippen LogP contribution < -0.4 is 15.2 Å². The Balaban J connectivity index is 1.92. The van der Waals surface area contributed by atoms with Crippen LogP contribution in [0.2, 0.25) is 0 Å². The van der Waals surface area contributed by atoms with Crippen molar-refractivity contribution < 1.29 is 23.5 Å². The average molecular weight is 299 g/mol. The van der Waals surface area contributed by atoms with E-state index in [1.165, 1.54) is 12.3 Å². The Morgan fingerprint density at radius 2 is 2.18 bits per heavy atom. The minimum absolute atomic E-state index is 0.181. The highest BCUT2D eigenvalue weighted by Crippen LogP contribution is 2.39. The number of rotatable bonds is 4. The molecule has 0 unspecified atom stereocenters. The van der Waals surface area contributed by atoms with Crippen LogP contribution in [0.5, 0.6) is 11.5 Å². The predicted molar refractivity (Wildman–Crippen MR) is 77.5 cm³/mol. The summed E-state index contributed by atoms with van der Waals surface area (Å²) in [5.74, 6) is 0.778. The summed E-state index contributed by atoms with van der Waals surface area (Å²) >= 11 is 0. The van der Waals surface area contributed by atoms with Crippen molar-refractivity contribution in [3.63, 3.8) is 0 Å². The molecule has 2 aromatic rings. The van der Waals surface area contributed by atoms with Crippen LogP contribution in [0.1, 0.15) is 21.7 Å². The highest BCUT2D eigenvalue weighted by atomic mass is 16.5. The summed E-state index contributed by atoms with van der Waals surface area (Å²) in [6.07, 6.45) is 3.05. The van der Waals surface area contributed by atoms with Gasteiger partial charge in [-0.05, 0) is 31.2 Å². The summed E-state index contributed by atoms with van der Waals surface area (Å²) in [5, 5.41) is 0. The van der Waals surface area contributed by atoms with E-state index in [1.54, 1.807) is 31.2 Å². The smallest absolute Gasteiger partial charge is 0.255 e. The number of furan rings is 1. The topological polar surface area (TPSA) is 91.8 Å². The van der Waals surface area contributed by atoms with E-state index in [0.29, 0.717) is 28.4 Å². The molecule has 0 aliphatic carbocycles. The predicted octanol–water partition coefficient (Wildman–Crippen LogP) is 2.07. The van der Waals surface area contributed by atoms with E-state index in [4.69, 9.17) is 19.6 Å². The van der Waals surface area contributed by atoms with E-state index < -0.39 is 5.91 Å². The molecule has 1 amide bonds. The van der Waals surface area contributed by atoms with Gasteiger partial charge in [0.05, 0.1) is 11.8 Å². The Labute approximate surface area is 126 Å². The maximum absolute atomic E-state index is 12.3. The van der Waals surface area contributed by atoms with Gasteiger partial charge < -0.3 is 19.6 Å². The normalized spacial score (nSPS) is 14.8. The number of nitrogens with two attached hydrogens (primary N) is 1. The van der Waals surface area contributed by atoms with E-state index in [9.17, 15) is 9.59 Å². The number of carbonyl (C=O) groups is 2. The van der Waals surface area contributed by atoms with E-state index >= 15 is 0 Å². The van der Waals surface area contributed by atoms with Gasteiger partial charge in [-0.2, -0.15) is 0 Å². The largest absolute Gasteiger partial charge is 0.483 e. The fourth-order valence-corrected chi connectivity index (χ4v) is 2.18.